The van der Waals surface area contributed by atoms with E-state index in [2.05, 4.69) is 63.2 Å². The molecule has 0 unspecified atom stereocenters. The molecule has 0 aliphatic carbocycles. The average molecular weight is 322 g/mol. The van der Waals surface area contributed by atoms with Crippen molar-refractivity contribution in [3.05, 3.63) is 0 Å². The van der Waals surface area contributed by atoms with Gasteiger partial charge in [0.1, 0.15) is 0 Å². The highest BCUT2D eigenvalue weighted by Crippen LogP contribution is 2.14. The van der Waals surface area contributed by atoms with E-state index in [1.54, 1.807) is 0 Å². The number of hydrogen-bond donors (Lipinski definition) is 4. The fourth-order valence-electron chi connectivity index (χ4n) is 2.11. The molecule has 20 heavy (non-hydrogen) atoms. The van der Waals surface area contributed by atoms with E-state index in [1.807, 2.05) is 0 Å². The molecule has 0 fully saturated rings. The molecule has 0 atom stereocenters. The summed E-state index contributed by atoms with van der Waals surface area (Å²) in [5.74, 6) is 0. The fourth-order valence-corrected chi connectivity index (χ4v) is 2.42. The molecule has 0 saturated carbocycles. The Labute approximate surface area is 137 Å². The Bertz CT molecular complexity index is 234. The van der Waals surface area contributed by atoms with Crippen molar-refractivity contribution in [1.82, 2.24) is 10.2 Å². The molecule has 0 bridgehead atoms. The number of hydrogen-bond acceptors (Lipinski definition) is 5. The number of rotatable bonds is 12. The fraction of sp³-hybridized carbons (Fsp3) is 1.00. The zero-order valence-electron chi connectivity index (χ0n) is 13.8. The van der Waals surface area contributed by atoms with Gasteiger partial charge in [0, 0.05) is 35.7 Å². The highest BCUT2D eigenvalue weighted by atomic mass is 32.1. The number of nitrogens with two attached hydrogens (primary N) is 1. The van der Waals surface area contributed by atoms with Gasteiger partial charge in [0.15, 0.2) is 0 Å². The van der Waals surface area contributed by atoms with Crippen LogP contribution in [0.3, 0.4) is 0 Å². The second kappa shape index (κ2) is 10.3. The third kappa shape index (κ3) is 15.0. The van der Waals surface area contributed by atoms with Crippen LogP contribution in [0.4, 0.5) is 0 Å². The summed E-state index contributed by atoms with van der Waals surface area (Å²) in [5.41, 5.74) is 5.54. The van der Waals surface area contributed by atoms with Crippen LogP contribution in [0, 0.1) is 0 Å². The summed E-state index contributed by atoms with van der Waals surface area (Å²) in [6.07, 6.45) is 3.57. The van der Waals surface area contributed by atoms with Crippen LogP contribution in [-0.2, 0) is 0 Å². The van der Waals surface area contributed by atoms with Crippen LogP contribution in [0.25, 0.3) is 0 Å². The maximum Gasteiger partial charge on any atom is 0.0200 e. The van der Waals surface area contributed by atoms with E-state index in [0.717, 1.165) is 45.7 Å². The monoisotopic (exact) mass is 321 g/mol. The lowest BCUT2D eigenvalue weighted by molar-refractivity contribution is 0.250. The normalized spacial score (nSPS) is 13.2. The standard InChI is InChI=1S/C15H35N3S2/c1-14(2,19)12-17-9-11-18(13-15(3,4)20)10-7-5-6-8-16/h17,19-20H,5-13,16H2,1-4H3. The first-order valence-corrected chi connectivity index (χ1v) is 8.61. The Kier molecular flexibility index (Phi) is 10.6. The largest absolute Gasteiger partial charge is 0.330 e. The first-order valence-electron chi connectivity index (χ1n) is 7.72. The Morgan fingerprint density at radius 3 is 2.10 bits per heavy atom. The molecule has 122 valence electrons. The Morgan fingerprint density at radius 2 is 1.60 bits per heavy atom. The number of unbranched alkanes of at least 4 members (excludes halogenated alkanes) is 2. The molecular weight excluding hydrogens is 286 g/mol. The molecule has 0 saturated heterocycles. The lowest BCUT2D eigenvalue weighted by atomic mass is 10.1. The summed E-state index contributed by atoms with van der Waals surface area (Å²) >= 11 is 9.18. The molecule has 0 rings (SSSR count). The molecule has 0 amide bonds. The van der Waals surface area contributed by atoms with Crippen molar-refractivity contribution in [3.8, 4) is 0 Å². The van der Waals surface area contributed by atoms with Gasteiger partial charge in [-0.2, -0.15) is 25.3 Å². The van der Waals surface area contributed by atoms with Gasteiger partial charge in [0.2, 0.25) is 0 Å². The van der Waals surface area contributed by atoms with Crippen molar-refractivity contribution in [3.63, 3.8) is 0 Å². The minimum atomic E-state index is 0.0504. The molecule has 0 aliphatic heterocycles. The first kappa shape index (κ1) is 20.6. The van der Waals surface area contributed by atoms with Crippen molar-refractivity contribution in [2.24, 2.45) is 5.73 Å². The van der Waals surface area contributed by atoms with E-state index >= 15 is 0 Å². The van der Waals surface area contributed by atoms with Crippen LogP contribution >= 0.6 is 25.3 Å². The molecule has 3 N–H and O–H groups in total. The summed E-state index contributed by atoms with van der Waals surface area (Å²) in [6.45, 7) is 14.6. The molecule has 0 aromatic heterocycles. The van der Waals surface area contributed by atoms with Gasteiger partial charge in [-0.3, -0.25) is 0 Å². The van der Waals surface area contributed by atoms with Gasteiger partial charge in [-0.05, 0) is 53.6 Å². The summed E-state index contributed by atoms with van der Waals surface area (Å²) < 4.78 is 0.103. The van der Waals surface area contributed by atoms with Gasteiger partial charge in [-0.15, -0.1) is 0 Å². The van der Waals surface area contributed by atoms with Crippen LogP contribution in [0.5, 0.6) is 0 Å². The minimum Gasteiger partial charge on any atom is -0.330 e. The van der Waals surface area contributed by atoms with Gasteiger partial charge in [0.05, 0.1) is 0 Å². The average Bonchev–Trinajstić information content (AvgIpc) is 2.26. The molecule has 3 nitrogen and oxygen atoms in total. The van der Waals surface area contributed by atoms with Crippen LogP contribution in [0.15, 0.2) is 0 Å². The molecule has 0 aromatic rings. The van der Waals surface area contributed by atoms with E-state index < -0.39 is 0 Å². The molecular formula is C15H35N3S2. The summed E-state index contributed by atoms with van der Waals surface area (Å²) in [6, 6.07) is 0. The lowest BCUT2D eigenvalue weighted by Crippen LogP contribution is -2.41. The number of nitrogens with one attached hydrogen (secondary N) is 1. The minimum absolute atomic E-state index is 0.0504. The zero-order valence-corrected chi connectivity index (χ0v) is 15.6. The quantitative estimate of drug-likeness (QED) is 0.330. The highest BCUT2D eigenvalue weighted by Gasteiger charge is 2.17. The van der Waals surface area contributed by atoms with Gasteiger partial charge < -0.3 is 16.0 Å². The topological polar surface area (TPSA) is 41.3 Å². The molecule has 0 aliphatic rings. The van der Waals surface area contributed by atoms with Crippen LogP contribution in [0.1, 0.15) is 47.0 Å². The highest BCUT2D eigenvalue weighted by molar-refractivity contribution is 7.82. The predicted octanol–water partition coefficient (Wildman–Crippen LogP) is 2.42. The number of nitrogens with zero attached hydrogens (tertiary/aromatic N) is 1. The molecule has 0 heterocycles. The third-order valence-electron chi connectivity index (χ3n) is 2.95. The maximum absolute atomic E-state index is 5.54. The smallest absolute Gasteiger partial charge is 0.0200 e. The van der Waals surface area contributed by atoms with Crippen molar-refractivity contribution in [1.29, 1.82) is 0 Å². The molecule has 0 spiro atoms. The van der Waals surface area contributed by atoms with Gasteiger partial charge in [-0.1, -0.05) is 6.42 Å². The van der Waals surface area contributed by atoms with E-state index in [-0.39, 0.29) is 9.49 Å². The van der Waals surface area contributed by atoms with E-state index in [4.69, 9.17) is 5.73 Å². The zero-order chi connectivity index (χ0) is 15.6. The summed E-state index contributed by atoms with van der Waals surface area (Å²) in [7, 11) is 0. The van der Waals surface area contributed by atoms with Gasteiger partial charge in [0.25, 0.3) is 0 Å². The summed E-state index contributed by atoms with van der Waals surface area (Å²) in [5, 5.41) is 3.48. The molecule has 5 heteroatoms. The Morgan fingerprint density at radius 1 is 0.950 bits per heavy atom. The lowest BCUT2D eigenvalue weighted by Gasteiger charge is -2.30. The maximum atomic E-state index is 5.54. The Balaban J connectivity index is 3.98. The second-order valence-corrected chi connectivity index (χ2v) is 9.35. The van der Waals surface area contributed by atoms with Crippen LogP contribution in [-0.4, -0.2) is 53.7 Å². The van der Waals surface area contributed by atoms with E-state index in [9.17, 15) is 0 Å². The predicted molar refractivity (Wildman–Crippen MR) is 98.3 cm³/mol. The first-order chi connectivity index (χ1) is 9.14. The Hall–Kier alpha value is 0.580. The van der Waals surface area contributed by atoms with Crippen molar-refractivity contribution >= 4 is 25.3 Å². The summed E-state index contributed by atoms with van der Waals surface area (Å²) in [4.78, 5) is 2.50. The van der Waals surface area contributed by atoms with Gasteiger partial charge in [-0.25, -0.2) is 0 Å². The van der Waals surface area contributed by atoms with Crippen molar-refractivity contribution in [2.75, 3.05) is 39.3 Å². The van der Waals surface area contributed by atoms with Gasteiger partial charge >= 0.3 is 0 Å². The van der Waals surface area contributed by atoms with E-state index in [1.165, 1.54) is 12.8 Å². The SMILES string of the molecule is CC(C)(S)CNCCN(CCCCCN)CC(C)(C)S. The van der Waals surface area contributed by atoms with Crippen LogP contribution < -0.4 is 11.1 Å². The van der Waals surface area contributed by atoms with Crippen molar-refractivity contribution < 1.29 is 0 Å². The molecule has 0 radical (unpaired) electrons. The van der Waals surface area contributed by atoms with Crippen LogP contribution in [0.2, 0.25) is 0 Å². The number of thiol groups is 2. The van der Waals surface area contributed by atoms with Crippen molar-refractivity contribution in [2.45, 2.75) is 56.5 Å². The molecule has 0 aromatic carbocycles. The third-order valence-corrected chi connectivity index (χ3v) is 3.25. The second-order valence-electron chi connectivity index (χ2n) is 6.93. The van der Waals surface area contributed by atoms with E-state index in [0.29, 0.717) is 0 Å².